The van der Waals surface area contributed by atoms with Gasteiger partial charge in [0.2, 0.25) is 0 Å². The van der Waals surface area contributed by atoms with Crippen molar-refractivity contribution in [2.45, 2.75) is 0 Å². The van der Waals surface area contributed by atoms with Gasteiger partial charge in [0, 0.05) is 43.0 Å². The maximum atomic E-state index is 12.7. The number of ether oxygens (including phenoxy) is 1. The van der Waals surface area contributed by atoms with Gasteiger partial charge in [-0.1, -0.05) is 0 Å². The van der Waals surface area contributed by atoms with Crippen molar-refractivity contribution in [1.82, 2.24) is 14.9 Å². The van der Waals surface area contributed by atoms with Crippen LogP contribution < -0.4 is 9.64 Å². The van der Waals surface area contributed by atoms with Crippen LogP contribution in [0.4, 0.5) is 5.82 Å². The second-order valence-corrected chi connectivity index (χ2v) is 6.04. The zero-order chi connectivity index (χ0) is 16.2. The number of piperazine rings is 1. The van der Waals surface area contributed by atoms with E-state index in [0.29, 0.717) is 24.4 Å². The third-order valence-electron chi connectivity index (χ3n) is 3.84. The molecule has 23 heavy (non-hydrogen) atoms. The number of hydrogen-bond donors (Lipinski definition) is 0. The summed E-state index contributed by atoms with van der Waals surface area (Å²) in [5.41, 5.74) is 0.623. The van der Waals surface area contributed by atoms with Crippen molar-refractivity contribution in [3.8, 4) is 5.75 Å². The molecule has 1 aliphatic heterocycles. The number of anilines is 1. The Labute approximate surface area is 143 Å². The van der Waals surface area contributed by atoms with Crippen LogP contribution in [0.25, 0.3) is 0 Å². The Morgan fingerprint density at radius 2 is 2.00 bits per heavy atom. The van der Waals surface area contributed by atoms with Crippen molar-refractivity contribution in [3.63, 3.8) is 0 Å². The molecule has 0 N–H and O–H groups in total. The SMILES string of the molecule is COc1ccc(Br)c(C(=O)N2CCN(c3cnccn3)CC2)c1. The smallest absolute Gasteiger partial charge is 0.255 e. The molecular formula is C16H17BrN4O2. The van der Waals surface area contributed by atoms with E-state index < -0.39 is 0 Å². The van der Waals surface area contributed by atoms with Crippen LogP contribution in [-0.2, 0) is 0 Å². The van der Waals surface area contributed by atoms with Crippen LogP contribution >= 0.6 is 15.9 Å². The molecule has 0 radical (unpaired) electrons. The lowest BCUT2D eigenvalue weighted by atomic mass is 10.1. The normalized spacial score (nSPS) is 14.7. The average molecular weight is 377 g/mol. The highest BCUT2D eigenvalue weighted by atomic mass is 79.9. The summed E-state index contributed by atoms with van der Waals surface area (Å²) >= 11 is 3.44. The number of nitrogens with zero attached hydrogens (tertiary/aromatic N) is 4. The highest BCUT2D eigenvalue weighted by Crippen LogP contribution is 2.24. The van der Waals surface area contributed by atoms with Gasteiger partial charge < -0.3 is 14.5 Å². The first kappa shape index (κ1) is 15.7. The molecule has 0 atom stereocenters. The van der Waals surface area contributed by atoms with Crippen molar-refractivity contribution in [3.05, 3.63) is 46.8 Å². The standard InChI is InChI=1S/C16H17BrN4O2/c1-23-12-2-3-14(17)13(10-12)16(22)21-8-6-20(7-9-21)15-11-18-4-5-19-15/h2-5,10-11H,6-9H2,1H3. The molecule has 3 rings (SSSR count). The largest absolute Gasteiger partial charge is 0.497 e. The molecule has 1 saturated heterocycles. The van der Waals surface area contributed by atoms with Crippen molar-refractivity contribution in [2.24, 2.45) is 0 Å². The molecule has 0 spiro atoms. The number of aromatic nitrogens is 2. The number of rotatable bonds is 3. The summed E-state index contributed by atoms with van der Waals surface area (Å²) < 4.78 is 5.98. The minimum atomic E-state index is 0.00886. The van der Waals surface area contributed by atoms with Gasteiger partial charge in [-0.2, -0.15) is 0 Å². The summed E-state index contributed by atoms with van der Waals surface area (Å²) in [4.78, 5) is 25.1. The number of carbonyl (C=O) groups is 1. The zero-order valence-corrected chi connectivity index (χ0v) is 14.4. The van der Waals surface area contributed by atoms with Gasteiger partial charge in [0.05, 0.1) is 18.9 Å². The Bertz CT molecular complexity index is 688. The van der Waals surface area contributed by atoms with Crippen LogP contribution in [0.15, 0.2) is 41.3 Å². The maximum absolute atomic E-state index is 12.7. The van der Waals surface area contributed by atoms with Gasteiger partial charge in [-0.15, -0.1) is 0 Å². The number of hydrogen-bond acceptors (Lipinski definition) is 5. The minimum absolute atomic E-state index is 0.00886. The van der Waals surface area contributed by atoms with E-state index in [9.17, 15) is 4.79 Å². The fourth-order valence-electron chi connectivity index (χ4n) is 2.56. The van der Waals surface area contributed by atoms with E-state index >= 15 is 0 Å². The first-order chi connectivity index (χ1) is 11.2. The second-order valence-electron chi connectivity index (χ2n) is 5.19. The molecule has 2 heterocycles. The topological polar surface area (TPSA) is 58.6 Å². The van der Waals surface area contributed by atoms with Gasteiger partial charge in [0.1, 0.15) is 11.6 Å². The monoisotopic (exact) mass is 376 g/mol. The third-order valence-corrected chi connectivity index (χ3v) is 4.54. The van der Waals surface area contributed by atoms with Crippen molar-refractivity contribution in [2.75, 3.05) is 38.2 Å². The molecule has 0 bridgehead atoms. The van der Waals surface area contributed by atoms with Crippen LogP contribution in [0, 0.1) is 0 Å². The van der Waals surface area contributed by atoms with Gasteiger partial charge >= 0.3 is 0 Å². The van der Waals surface area contributed by atoms with Gasteiger partial charge in [-0.3, -0.25) is 9.78 Å². The zero-order valence-electron chi connectivity index (χ0n) is 12.8. The first-order valence-corrected chi connectivity index (χ1v) is 8.12. The van der Waals surface area contributed by atoms with Crippen molar-refractivity contribution < 1.29 is 9.53 Å². The molecule has 1 aliphatic rings. The van der Waals surface area contributed by atoms with E-state index in [2.05, 4.69) is 30.8 Å². The third kappa shape index (κ3) is 3.44. The molecular weight excluding hydrogens is 360 g/mol. The van der Waals surface area contributed by atoms with Crippen LogP contribution in [0.5, 0.6) is 5.75 Å². The number of amides is 1. The van der Waals surface area contributed by atoms with Crippen molar-refractivity contribution in [1.29, 1.82) is 0 Å². The Hall–Kier alpha value is -2.15. The van der Waals surface area contributed by atoms with Crippen LogP contribution in [-0.4, -0.2) is 54.1 Å². The Kier molecular flexibility index (Phi) is 4.76. The predicted octanol–water partition coefficient (Wildman–Crippen LogP) is 2.21. The summed E-state index contributed by atoms with van der Waals surface area (Å²) in [6.45, 7) is 2.79. The molecule has 0 aliphatic carbocycles. The van der Waals surface area contributed by atoms with Gasteiger partial charge in [0.25, 0.3) is 5.91 Å². The molecule has 1 amide bonds. The summed E-state index contributed by atoms with van der Waals surface area (Å²) in [7, 11) is 1.59. The van der Waals surface area contributed by atoms with E-state index in [1.165, 1.54) is 0 Å². The number of methoxy groups -OCH3 is 1. The van der Waals surface area contributed by atoms with Gasteiger partial charge in [-0.25, -0.2) is 4.98 Å². The summed E-state index contributed by atoms with van der Waals surface area (Å²) in [6, 6.07) is 5.43. The summed E-state index contributed by atoms with van der Waals surface area (Å²) in [5.74, 6) is 1.53. The molecule has 2 aromatic rings. The lowest BCUT2D eigenvalue weighted by Crippen LogP contribution is -2.49. The summed E-state index contributed by atoms with van der Waals surface area (Å²) in [6.07, 6.45) is 5.08. The van der Waals surface area contributed by atoms with Crippen LogP contribution in [0.2, 0.25) is 0 Å². The summed E-state index contributed by atoms with van der Waals surface area (Å²) in [5, 5.41) is 0. The van der Waals surface area contributed by atoms with E-state index in [-0.39, 0.29) is 5.91 Å². The highest BCUT2D eigenvalue weighted by molar-refractivity contribution is 9.10. The molecule has 1 aromatic heterocycles. The molecule has 1 fully saturated rings. The molecule has 7 heteroatoms. The quantitative estimate of drug-likeness (QED) is 0.821. The van der Waals surface area contributed by atoms with Crippen LogP contribution in [0.3, 0.4) is 0 Å². The Morgan fingerprint density at radius 1 is 1.22 bits per heavy atom. The lowest BCUT2D eigenvalue weighted by molar-refractivity contribution is 0.0745. The number of carbonyl (C=O) groups excluding carboxylic acids is 1. The van der Waals surface area contributed by atoms with E-state index in [1.807, 2.05) is 17.0 Å². The second kappa shape index (κ2) is 6.95. The fraction of sp³-hybridized carbons (Fsp3) is 0.312. The van der Waals surface area contributed by atoms with Gasteiger partial charge in [0.15, 0.2) is 0 Å². The number of halogens is 1. The molecule has 0 saturated carbocycles. The fourth-order valence-corrected chi connectivity index (χ4v) is 2.97. The maximum Gasteiger partial charge on any atom is 0.255 e. The molecule has 1 aromatic carbocycles. The van der Waals surface area contributed by atoms with Crippen LogP contribution in [0.1, 0.15) is 10.4 Å². The molecule has 6 nitrogen and oxygen atoms in total. The minimum Gasteiger partial charge on any atom is -0.497 e. The highest BCUT2D eigenvalue weighted by Gasteiger charge is 2.24. The Balaban J connectivity index is 1.69. The molecule has 0 unspecified atom stereocenters. The Morgan fingerprint density at radius 3 is 2.65 bits per heavy atom. The number of benzene rings is 1. The van der Waals surface area contributed by atoms with Gasteiger partial charge in [-0.05, 0) is 34.1 Å². The van der Waals surface area contributed by atoms with Crippen molar-refractivity contribution >= 4 is 27.7 Å². The average Bonchev–Trinajstić information content (AvgIpc) is 2.62. The first-order valence-electron chi connectivity index (χ1n) is 7.33. The van der Waals surface area contributed by atoms with E-state index in [0.717, 1.165) is 23.4 Å². The lowest BCUT2D eigenvalue weighted by Gasteiger charge is -2.35. The van der Waals surface area contributed by atoms with E-state index in [1.54, 1.807) is 31.8 Å². The molecule has 120 valence electrons. The predicted molar refractivity (Wildman–Crippen MR) is 90.8 cm³/mol. The van der Waals surface area contributed by atoms with E-state index in [4.69, 9.17) is 4.74 Å².